The van der Waals surface area contributed by atoms with Crippen molar-refractivity contribution < 1.29 is 0 Å². The van der Waals surface area contributed by atoms with Gasteiger partial charge in [-0.1, -0.05) is 214 Å². The molecule has 0 aliphatic rings. The second kappa shape index (κ2) is 30.2. The molecule has 2 atom stereocenters. The molecule has 0 aromatic rings. The van der Waals surface area contributed by atoms with Crippen molar-refractivity contribution in [1.29, 1.82) is 0 Å². The zero-order valence-electron chi connectivity index (χ0n) is 25.7. The third-order valence-electron chi connectivity index (χ3n) is 8.49. The van der Waals surface area contributed by atoms with Gasteiger partial charge in [-0.15, -0.1) is 0 Å². The van der Waals surface area contributed by atoms with Gasteiger partial charge < -0.3 is 0 Å². The van der Waals surface area contributed by atoms with Crippen molar-refractivity contribution in [2.24, 2.45) is 11.8 Å². The largest absolute Gasteiger partial charge is 0.0654 e. The van der Waals surface area contributed by atoms with Gasteiger partial charge in [0.1, 0.15) is 0 Å². The SMILES string of the molecule is CCCCCCCCCCCCCCCC[C@H](C)CCC[C@H](C)CCCCCCCCCCCC. The lowest BCUT2D eigenvalue weighted by Crippen LogP contribution is -1.99. The van der Waals surface area contributed by atoms with Crippen LogP contribution in [-0.4, -0.2) is 0 Å². The van der Waals surface area contributed by atoms with Crippen molar-refractivity contribution in [2.75, 3.05) is 0 Å². The average Bonchev–Trinajstić information content (AvgIpc) is 2.85. The summed E-state index contributed by atoms with van der Waals surface area (Å²) in [5, 5.41) is 0. The maximum atomic E-state index is 2.51. The standard InChI is InChI=1S/C35H72/c1-5-7-9-11-13-15-17-18-19-20-22-24-26-28-31-35(4)33-29-32-34(3)30-27-25-23-21-16-14-12-10-8-6-2/h34-35H,5-33H2,1-4H3/t34-,35+/m1/s1. The highest BCUT2D eigenvalue weighted by atomic mass is 14.1. The van der Waals surface area contributed by atoms with E-state index in [4.69, 9.17) is 0 Å². The lowest BCUT2D eigenvalue weighted by molar-refractivity contribution is 0.390. The predicted octanol–water partition coefficient (Wildman–Crippen LogP) is 13.6. The molecule has 0 heterocycles. The van der Waals surface area contributed by atoms with Gasteiger partial charge in [-0.05, 0) is 11.8 Å². The third kappa shape index (κ3) is 30.1. The van der Waals surface area contributed by atoms with E-state index in [-0.39, 0.29) is 0 Å². The average molecular weight is 493 g/mol. The van der Waals surface area contributed by atoms with Crippen LogP contribution in [0.25, 0.3) is 0 Å². The molecule has 0 unspecified atom stereocenters. The quantitative estimate of drug-likeness (QED) is 0.0874. The molecule has 0 aliphatic heterocycles. The molecule has 0 saturated heterocycles. The molecule has 35 heavy (non-hydrogen) atoms. The van der Waals surface area contributed by atoms with Crippen LogP contribution in [0.4, 0.5) is 0 Å². The third-order valence-corrected chi connectivity index (χ3v) is 8.49. The van der Waals surface area contributed by atoms with E-state index in [1.165, 1.54) is 186 Å². The molecule has 0 rings (SSSR count). The zero-order chi connectivity index (χ0) is 25.7. The molecule has 0 radical (unpaired) electrons. The molecule has 0 bridgehead atoms. The smallest absolute Gasteiger partial charge is 0.0443 e. The number of hydrogen-bond donors (Lipinski definition) is 0. The molecule has 0 heteroatoms. The first-order valence-electron chi connectivity index (χ1n) is 17.2. The molecular formula is C35H72. The monoisotopic (exact) mass is 493 g/mol. The highest BCUT2D eigenvalue weighted by molar-refractivity contribution is 4.59. The van der Waals surface area contributed by atoms with Crippen LogP contribution in [0.5, 0.6) is 0 Å². The molecule has 0 amide bonds. The van der Waals surface area contributed by atoms with Gasteiger partial charge in [0.05, 0.1) is 0 Å². The normalized spacial score (nSPS) is 13.4. The minimum absolute atomic E-state index is 0.955. The van der Waals surface area contributed by atoms with Crippen molar-refractivity contribution in [3.8, 4) is 0 Å². The lowest BCUT2D eigenvalue weighted by Gasteiger charge is -2.14. The molecule has 0 aliphatic carbocycles. The van der Waals surface area contributed by atoms with Crippen LogP contribution >= 0.6 is 0 Å². The van der Waals surface area contributed by atoms with Gasteiger partial charge in [0.15, 0.2) is 0 Å². The summed E-state index contributed by atoms with van der Waals surface area (Å²) in [4.78, 5) is 0. The van der Waals surface area contributed by atoms with Crippen LogP contribution in [0.15, 0.2) is 0 Å². The summed E-state index contributed by atoms with van der Waals surface area (Å²) < 4.78 is 0. The first kappa shape index (κ1) is 35.0. The maximum Gasteiger partial charge on any atom is -0.0443 e. The summed E-state index contributed by atoms with van der Waals surface area (Å²) in [5.41, 5.74) is 0. The van der Waals surface area contributed by atoms with Gasteiger partial charge in [-0.2, -0.15) is 0 Å². The Morgan fingerprint density at radius 1 is 0.257 bits per heavy atom. The van der Waals surface area contributed by atoms with Crippen LogP contribution in [0.3, 0.4) is 0 Å². The molecule has 0 nitrogen and oxygen atoms in total. The maximum absolute atomic E-state index is 2.51. The highest BCUT2D eigenvalue weighted by Crippen LogP contribution is 2.22. The molecule has 0 spiro atoms. The van der Waals surface area contributed by atoms with Crippen molar-refractivity contribution in [3.05, 3.63) is 0 Å². The summed E-state index contributed by atoms with van der Waals surface area (Å²) >= 11 is 0. The van der Waals surface area contributed by atoms with Crippen LogP contribution in [0, 0.1) is 11.8 Å². The Labute approximate surface area is 225 Å². The Kier molecular flexibility index (Phi) is 30.2. The second-order valence-electron chi connectivity index (χ2n) is 12.5. The van der Waals surface area contributed by atoms with Crippen LogP contribution in [0.2, 0.25) is 0 Å². The fourth-order valence-electron chi connectivity index (χ4n) is 5.77. The van der Waals surface area contributed by atoms with Gasteiger partial charge in [0.2, 0.25) is 0 Å². The topological polar surface area (TPSA) is 0 Å². The van der Waals surface area contributed by atoms with E-state index in [0.29, 0.717) is 0 Å². The second-order valence-corrected chi connectivity index (χ2v) is 12.5. The first-order valence-corrected chi connectivity index (χ1v) is 17.2. The number of rotatable bonds is 30. The summed E-state index contributed by atoms with van der Waals surface area (Å²) in [6.45, 7) is 9.63. The van der Waals surface area contributed by atoms with Crippen molar-refractivity contribution in [3.63, 3.8) is 0 Å². The van der Waals surface area contributed by atoms with Crippen molar-refractivity contribution in [2.45, 2.75) is 214 Å². The Hall–Kier alpha value is 0. The van der Waals surface area contributed by atoms with E-state index in [0.717, 1.165) is 11.8 Å². The van der Waals surface area contributed by atoms with Crippen LogP contribution in [0.1, 0.15) is 214 Å². The molecule has 212 valence electrons. The van der Waals surface area contributed by atoms with E-state index < -0.39 is 0 Å². The van der Waals surface area contributed by atoms with Gasteiger partial charge >= 0.3 is 0 Å². The van der Waals surface area contributed by atoms with Crippen molar-refractivity contribution in [1.82, 2.24) is 0 Å². The van der Waals surface area contributed by atoms with E-state index in [1.807, 2.05) is 0 Å². The summed E-state index contributed by atoms with van der Waals surface area (Å²) in [6.07, 6.45) is 42.6. The Morgan fingerprint density at radius 2 is 0.457 bits per heavy atom. The van der Waals surface area contributed by atoms with Gasteiger partial charge in [0.25, 0.3) is 0 Å². The Bertz CT molecular complexity index is 359. The van der Waals surface area contributed by atoms with Gasteiger partial charge in [0, 0.05) is 0 Å². The van der Waals surface area contributed by atoms with E-state index in [2.05, 4.69) is 27.7 Å². The fraction of sp³-hybridized carbons (Fsp3) is 1.00. The minimum atomic E-state index is 0.955. The summed E-state index contributed by atoms with van der Waals surface area (Å²) in [6, 6.07) is 0. The number of hydrogen-bond acceptors (Lipinski definition) is 0. The Morgan fingerprint density at radius 3 is 0.714 bits per heavy atom. The molecule has 0 aromatic heterocycles. The lowest BCUT2D eigenvalue weighted by atomic mass is 9.92. The minimum Gasteiger partial charge on any atom is -0.0654 e. The predicted molar refractivity (Wildman–Crippen MR) is 164 cm³/mol. The van der Waals surface area contributed by atoms with E-state index in [9.17, 15) is 0 Å². The number of unbranched alkanes of at least 4 members (excludes halogenated alkanes) is 22. The fourth-order valence-corrected chi connectivity index (χ4v) is 5.77. The molecule has 0 N–H and O–H groups in total. The summed E-state index contributed by atoms with van der Waals surface area (Å²) in [7, 11) is 0. The van der Waals surface area contributed by atoms with E-state index >= 15 is 0 Å². The van der Waals surface area contributed by atoms with Gasteiger partial charge in [-0.25, -0.2) is 0 Å². The molecular weight excluding hydrogens is 420 g/mol. The zero-order valence-corrected chi connectivity index (χ0v) is 25.7. The van der Waals surface area contributed by atoms with Crippen LogP contribution < -0.4 is 0 Å². The first-order chi connectivity index (χ1) is 17.2. The van der Waals surface area contributed by atoms with Gasteiger partial charge in [-0.3, -0.25) is 0 Å². The Balaban J connectivity index is 3.26. The molecule has 0 saturated carbocycles. The summed E-state index contributed by atoms with van der Waals surface area (Å²) in [5.74, 6) is 1.91. The van der Waals surface area contributed by atoms with Crippen molar-refractivity contribution >= 4 is 0 Å². The molecule has 0 aromatic carbocycles. The van der Waals surface area contributed by atoms with Crippen LogP contribution in [-0.2, 0) is 0 Å². The van der Waals surface area contributed by atoms with E-state index in [1.54, 1.807) is 0 Å². The highest BCUT2D eigenvalue weighted by Gasteiger charge is 2.06. The molecule has 0 fully saturated rings.